The highest BCUT2D eigenvalue weighted by Gasteiger charge is 2.15. The van der Waals surface area contributed by atoms with Gasteiger partial charge >= 0.3 is 0 Å². The van der Waals surface area contributed by atoms with Crippen molar-refractivity contribution in [2.24, 2.45) is 0 Å². The molecule has 1 heterocycles. The molecule has 0 fully saturated rings. The molecule has 1 aromatic rings. The Balaban J connectivity index is 2.36. The van der Waals surface area contributed by atoms with Gasteiger partial charge in [-0.1, -0.05) is 13.8 Å². The van der Waals surface area contributed by atoms with Crippen molar-refractivity contribution < 1.29 is 4.79 Å². The van der Waals surface area contributed by atoms with E-state index >= 15 is 0 Å². The van der Waals surface area contributed by atoms with Crippen molar-refractivity contribution in [1.82, 2.24) is 20.8 Å². The Kier molecular flexibility index (Phi) is 6.28. The van der Waals surface area contributed by atoms with E-state index < -0.39 is 0 Å². The van der Waals surface area contributed by atoms with Crippen LogP contribution in [0.3, 0.4) is 0 Å². The monoisotopic (exact) mass is 250 g/mol. The van der Waals surface area contributed by atoms with E-state index in [0.29, 0.717) is 6.54 Å². The quantitative estimate of drug-likeness (QED) is 0.764. The van der Waals surface area contributed by atoms with Crippen LogP contribution in [0.25, 0.3) is 0 Å². The molecule has 5 heteroatoms. The second kappa shape index (κ2) is 7.76. The summed E-state index contributed by atoms with van der Waals surface area (Å²) in [4.78, 5) is 11.9. The first-order valence-electron chi connectivity index (χ1n) is 6.47. The minimum absolute atomic E-state index is 0.0348. The molecule has 1 amide bonds. The van der Waals surface area contributed by atoms with Crippen molar-refractivity contribution in [1.29, 1.82) is 0 Å². The molecule has 0 saturated carbocycles. The molecular formula is C13H22N4O. The molecule has 2 N–H and O–H groups in total. The van der Waals surface area contributed by atoms with Crippen LogP contribution in [0.2, 0.25) is 0 Å². The first-order valence-corrected chi connectivity index (χ1v) is 6.47. The number of rotatable bonds is 7. The van der Waals surface area contributed by atoms with Gasteiger partial charge in [-0.15, -0.1) is 0 Å². The molecule has 0 bridgehead atoms. The summed E-state index contributed by atoms with van der Waals surface area (Å²) in [5.74, 6) is 0.0348. The minimum Gasteiger partial charge on any atom is -0.352 e. The van der Waals surface area contributed by atoms with Gasteiger partial charge in [0, 0.05) is 18.8 Å². The Morgan fingerprint density at radius 1 is 1.39 bits per heavy atom. The summed E-state index contributed by atoms with van der Waals surface area (Å²) in [6.45, 7) is 6.55. The van der Waals surface area contributed by atoms with Crippen LogP contribution in [-0.2, 0) is 11.3 Å². The third kappa shape index (κ3) is 4.79. The topological polar surface area (TPSA) is 66.9 Å². The normalized spacial score (nSPS) is 12.4. The standard InChI is InChI=1S/C13H22N4O/c1-4-11(5-2)16-13(18)10(3)14-9-12-7-6-8-15-17-12/h6-8,10-11,14H,4-5,9H2,1-3H3,(H,16,18). The third-order valence-electron chi connectivity index (χ3n) is 2.94. The van der Waals surface area contributed by atoms with Gasteiger partial charge in [-0.25, -0.2) is 0 Å². The zero-order valence-corrected chi connectivity index (χ0v) is 11.3. The molecule has 0 aromatic carbocycles. The smallest absolute Gasteiger partial charge is 0.237 e. The van der Waals surface area contributed by atoms with Gasteiger partial charge in [0.1, 0.15) is 0 Å². The third-order valence-corrected chi connectivity index (χ3v) is 2.94. The summed E-state index contributed by atoms with van der Waals surface area (Å²) in [5, 5.41) is 13.9. The summed E-state index contributed by atoms with van der Waals surface area (Å²) in [6.07, 6.45) is 3.55. The lowest BCUT2D eigenvalue weighted by Crippen LogP contribution is -2.45. The van der Waals surface area contributed by atoms with Gasteiger partial charge in [-0.05, 0) is 31.9 Å². The molecule has 0 saturated heterocycles. The number of carbonyl (C=O) groups is 1. The SMILES string of the molecule is CCC(CC)NC(=O)C(C)NCc1cccnn1. The zero-order chi connectivity index (χ0) is 13.4. The summed E-state index contributed by atoms with van der Waals surface area (Å²) >= 11 is 0. The van der Waals surface area contributed by atoms with E-state index in [-0.39, 0.29) is 18.0 Å². The van der Waals surface area contributed by atoms with E-state index in [1.807, 2.05) is 19.1 Å². The van der Waals surface area contributed by atoms with Crippen LogP contribution in [0.4, 0.5) is 0 Å². The van der Waals surface area contributed by atoms with Gasteiger partial charge in [0.2, 0.25) is 5.91 Å². The second-order valence-corrected chi connectivity index (χ2v) is 4.34. The van der Waals surface area contributed by atoms with Crippen molar-refractivity contribution in [3.8, 4) is 0 Å². The Bertz CT molecular complexity index is 351. The summed E-state index contributed by atoms with van der Waals surface area (Å²) in [7, 11) is 0. The molecule has 1 unspecified atom stereocenters. The van der Waals surface area contributed by atoms with Crippen molar-refractivity contribution in [2.45, 2.75) is 52.2 Å². The van der Waals surface area contributed by atoms with E-state index in [1.165, 1.54) is 0 Å². The number of nitrogens with one attached hydrogen (secondary N) is 2. The maximum absolute atomic E-state index is 11.9. The maximum Gasteiger partial charge on any atom is 0.237 e. The van der Waals surface area contributed by atoms with E-state index in [4.69, 9.17) is 0 Å². The largest absolute Gasteiger partial charge is 0.352 e. The summed E-state index contributed by atoms with van der Waals surface area (Å²) < 4.78 is 0. The van der Waals surface area contributed by atoms with E-state index in [2.05, 4.69) is 34.7 Å². The van der Waals surface area contributed by atoms with Gasteiger partial charge in [-0.2, -0.15) is 10.2 Å². The van der Waals surface area contributed by atoms with E-state index in [1.54, 1.807) is 6.20 Å². The Hall–Kier alpha value is -1.49. The first-order chi connectivity index (χ1) is 8.67. The molecule has 5 nitrogen and oxygen atoms in total. The summed E-state index contributed by atoms with van der Waals surface area (Å²) in [5.41, 5.74) is 0.833. The first kappa shape index (κ1) is 14.6. The van der Waals surface area contributed by atoms with Crippen LogP contribution < -0.4 is 10.6 Å². The fourth-order valence-electron chi connectivity index (χ4n) is 1.60. The molecule has 18 heavy (non-hydrogen) atoms. The van der Waals surface area contributed by atoms with Gasteiger partial charge in [-0.3, -0.25) is 4.79 Å². The van der Waals surface area contributed by atoms with Crippen LogP contribution in [0.5, 0.6) is 0 Å². The lowest BCUT2D eigenvalue weighted by molar-refractivity contribution is -0.123. The van der Waals surface area contributed by atoms with Crippen LogP contribution >= 0.6 is 0 Å². The van der Waals surface area contributed by atoms with E-state index in [0.717, 1.165) is 18.5 Å². The second-order valence-electron chi connectivity index (χ2n) is 4.34. The average Bonchev–Trinajstić information content (AvgIpc) is 2.42. The number of amides is 1. The van der Waals surface area contributed by atoms with Gasteiger partial charge in [0.25, 0.3) is 0 Å². The molecule has 0 radical (unpaired) electrons. The molecule has 1 atom stereocenters. The lowest BCUT2D eigenvalue weighted by Gasteiger charge is -2.19. The maximum atomic E-state index is 11.9. The molecule has 0 aliphatic heterocycles. The van der Waals surface area contributed by atoms with Crippen molar-refractivity contribution in [3.05, 3.63) is 24.0 Å². The van der Waals surface area contributed by atoms with Crippen LogP contribution in [0.1, 0.15) is 39.3 Å². The van der Waals surface area contributed by atoms with Crippen LogP contribution in [-0.4, -0.2) is 28.2 Å². The molecule has 0 aliphatic carbocycles. The lowest BCUT2D eigenvalue weighted by atomic mass is 10.1. The van der Waals surface area contributed by atoms with Crippen molar-refractivity contribution in [3.63, 3.8) is 0 Å². The Morgan fingerprint density at radius 2 is 2.11 bits per heavy atom. The number of hydrogen-bond acceptors (Lipinski definition) is 4. The molecule has 0 aliphatic rings. The van der Waals surface area contributed by atoms with Crippen molar-refractivity contribution in [2.75, 3.05) is 0 Å². The Morgan fingerprint density at radius 3 is 2.67 bits per heavy atom. The minimum atomic E-state index is -0.229. The Labute approximate surface area is 108 Å². The average molecular weight is 250 g/mol. The van der Waals surface area contributed by atoms with E-state index in [9.17, 15) is 4.79 Å². The number of carbonyl (C=O) groups excluding carboxylic acids is 1. The zero-order valence-electron chi connectivity index (χ0n) is 11.3. The molecule has 100 valence electrons. The highest BCUT2D eigenvalue weighted by atomic mass is 16.2. The fraction of sp³-hybridized carbons (Fsp3) is 0.615. The van der Waals surface area contributed by atoms with Crippen LogP contribution in [0.15, 0.2) is 18.3 Å². The number of nitrogens with zero attached hydrogens (tertiary/aromatic N) is 2. The fourth-order valence-corrected chi connectivity index (χ4v) is 1.60. The number of hydrogen-bond donors (Lipinski definition) is 2. The van der Waals surface area contributed by atoms with Crippen molar-refractivity contribution >= 4 is 5.91 Å². The van der Waals surface area contributed by atoms with Gasteiger partial charge < -0.3 is 10.6 Å². The van der Waals surface area contributed by atoms with Gasteiger partial charge in [0.05, 0.1) is 11.7 Å². The van der Waals surface area contributed by atoms with Gasteiger partial charge in [0.15, 0.2) is 0 Å². The molecular weight excluding hydrogens is 228 g/mol. The predicted molar refractivity (Wildman–Crippen MR) is 70.8 cm³/mol. The molecule has 1 aromatic heterocycles. The summed E-state index contributed by atoms with van der Waals surface area (Å²) in [6, 6.07) is 3.75. The highest BCUT2D eigenvalue weighted by molar-refractivity contribution is 5.81. The highest BCUT2D eigenvalue weighted by Crippen LogP contribution is 1.98. The molecule has 1 rings (SSSR count). The van der Waals surface area contributed by atoms with Crippen LogP contribution in [0, 0.1) is 0 Å². The predicted octanol–water partition coefficient (Wildman–Crippen LogP) is 1.26. The number of aromatic nitrogens is 2. The molecule has 0 spiro atoms.